The molecule has 104 valence electrons. The van der Waals surface area contributed by atoms with E-state index in [9.17, 15) is 9.59 Å². The summed E-state index contributed by atoms with van der Waals surface area (Å²) in [6.07, 6.45) is -0.0759. The maximum absolute atomic E-state index is 12.0. The summed E-state index contributed by atoms with van der Waals surface area (Å²) in [6, 6.07) is 3.21. The number of fused-ring (bicyclic) bond motifs is 2. The first-order valence-corrected chi connectivity index (χ1v) is 6.15. The molecule has 20 heavy (non-hydrogen) atoms. The zero-order valence-corrected chi connectivity index (χ0v) is 10.8. The molecule has 0 spiro atoms. The van der Waals surface area contributed by atoms with Crippen LogP contribution < -0.4 is 15.0 Å². The van der Waals surface area contributed by atoms with Gasteiger partial charge in [0.15, 0.2) is 11.5 Å². The summed E-state index contributed by atoms with van der Waals surface area (Å²) in [5.41, 5.74) is 0.130. The number of aromatic amines is 1. The molecule has 1 aromatic heterocycles. The highest BCUT2D eigenvalue weighted by atomic mass is 16.7. The third kappa shape index (κ3) is 2.18. The van der Waals surface area contributed by atoms with E-state index < -0.39 is 5.97 Å². The molecular weight excluding hydrogens is 264 g/mol. The number of aromatic nitrogens is 2. The van der Waals surface area contributed by atoms with Crippen molar-refractivity contribution >= 4 is 16.9 Å². The summed E-state index contributed by atoms with van der Waals surface area (Å²) >= 11 is 0. The average Bonchev–Trinajstić information content (AvgIpc) is 2.84. The fraction of sp³-hybridized carbons (Fsp3) is 0.308. The number of H-pyrrole nitrogens is 1. The summed E-state index contributed by atoms with van der Waals surface area (Å²) in [5.74, 6) is 0.885. The molecule has 0 atom stereocenters. The van der Waals surface area contributed by atoms with Gasteiger partial charge in [0.05, 0.1) is 17.5 Å². The highest BCUT2D eigenvalue weighted by molar-refractivity contribution is 5.82. The van der Waals surface area contributed by atoms with Crippen LogP contribution in [0.15, 0.2) is 16.9 Å². The Labute approximate surface area is 113 Å². The Bertz CT molecular complexity index is 737. The molecule has 0 saturated heterocycles. The van der Waals surface area contributed by atoms with Gasteiger partial charge in [-0.2, -0.15) is 0 Å². The summed E-state index contributed by atoms with van der Waals surface area (Å²) in [5, 5.41) is 0.391. The molecule has 0 saturated carbocycles. The maximum Gasteiger partial charge on any atom is 0.313 e. The first-order valence-electron chi connectivity index (χ1n) is 6.15. The van der Waals surface area contributed by atoms with Crippen molar-refractivity contribution in [3.8, 4) is 11.5 Å². The van der Waals surface area contributed by atoms with Gasteiger partial charge in [-0.1, -0.05) is 0 Å². The molecule has 1 N–H and O–H groups in total. The molecule has 3 rings (SSSR count). The second-order valence-corrected chi connectivity index (χ2v) is 4.22. The van der Waals surface area contributed by atoms with Gasteiger partial charge in [0, 0.05) is 6.07 Å². The van der Waals surface area contributed by atoms with Gasteiger partial charge in [0.25, 0.3) is 5.56 Å². The Balaban J connectivity index is 2.03. The first-order chi connectivity index (χ1) is 9.67. The summed E-state index contributed by atoms with van der Waals surface area (Å²) < 4.78 is 15.3. The molecule has 0 aliphatic carbocycles. The van der Waals surface area contributed by atoms with Crippen molar-refractivity contribution in [2.24, 2.45) is 0 Å². The highest BCUT2D eigenvalue weighted by Crippen LogP contribution is 2.34. The summed E-state index contributed by atoms with van der Waals surface area (Å²) in [6.45, 7) is 2.13. The highest BCUT2D eigenvalue weighted by Gasteiger charge is 2.17. The minimum Gasteiger partial charge on any atom is -0.466 e. The van der Waals surface area contributed by atoms with Crippen LogP contribution >= 0.6 is 0 Å². The van der Waals surface area contributed by atoms with E-state index >= 15 is 0 Å². The molecule has 0 radical (unpaired) electrons. The zero-order chi connectivity index (χ0) is 14.1. The SMILES string of the molecule is CCOC(=O)Cc1nc2cc3c(cc2c(=O)[nH]1)OCO3. The quantitative estimate of drug-likeness (QED) is 0.832. The van der Waals surface area contributed by atoms with Gasteiger partial charge in [-0.05, 0) is 13.0 Å². The van der Waals surface area contributed by atoms with Crippen molar-refractivity contribution < 1.29 is 19.0 Å². The van der Waals surface area contributed by atoms with E-state index in [1.165, 1.54) is 0 Å². The minimum absolute atomic E-state index is 0.0759. The number of nitrogens with one attached hydrogen (secondary N) is 1. The number of benzene rings is 1. The van der Waals surface area contributed by atoms with Crippen LogP contribution in [-0.2, 0) is 16.0 Å². The van der Waals surface area contributed by atoms with Crippen LogP contribution in [0.1, 0.15) is 12.7 Å². The lowest BCUT2D eigenvalue weighted by Crippen LogP contribution is -2.16. The Morgan fingerprint density at radius 1 is 1.40 bits per heavy atom. The van der Waals surface area contributed by atoms with Crippen molar-refractivity contribution in [1.29, 1.82) is 0 Å². The van der Waals surface area contributed by atoms with Gasteiger partial charge in [0.2, 0.25) is 6.79 Å². The van der Waals surface area contributed by atoms with Crippen molar-refractivity contribution in [3.63, 3.8) is 0 Å². The van der Waals surface area contributed by atoms with Gasteiger partial charge in [0.1, 0.15) is 12.2 Å². The van der Waals surface area contributed by atoms with Gasteiger partial charge >= 0.3 is 5.97 Å². The van der Waals surface area contributed by atoms with Crippen molar-refractivity contribution in [2.45, 2.75) is 13.3 Å². The molecule has 2 heterocycles. The van der Waals surface area contributed by atoms with E-state index in [1.807, 2.05) is 0 Å². The smallest absolute Gasteiger partial charge is 0.313 e. The number of carbonyl (C=O) groups is 1. The van der Waals surface area contributed by atoms with Crippen LogP contribution in [-0.4, -0.2) is 29.3 Å². The number of esters is 1. The van der Waals surface area contributed by atoms with E-state index in [1.54, 1.807) is 19.1 Å². The lowest BCUT2D eigenvalue weighted by molar-refractivity contribution is -0.142. The third-order valence-corrected chi connectivity index (χ3v) is 2.87. The number of ether oxygens (including phenoxy) is 3. The van der Waals surface area contributed by atoms with E-state index in [-0.39, 0.29) is 31.2 Å². The number of nitrogens with zero attached hydrogens (tertiary/aromatic N) is 1. The Hall–Kier alpha value is -2.57. The van der Waals surface area contributed by atoms with Crippen molar-refractivity contribution in [1.82, 2.24) is 9.97 Å². The van der Waals surface area contributed by atoms with Crippen LogP contribution in [0.25, 0.3) is 10.9 Å². The second kappa shape index (κ2) is 4.84. The summed E-state index contributed by atoms with van der Waals surface area (Å²) in [7, 11) is 0. The van der Waals surface area contributed by atoms with E-state index in [2.05, 4.69) is 9.97 Å². The second-order valence-electron chi connectivity index (χ2n) is 4.22. The van der Waals surface area contributed by atoms with Crippen molar-refractivity contribution in [2.75, 3.05) is 13.4 Å². The summed E-state index contributed by atoms with van der Waals surface area (Å²) in [4.78, 5) is 30.2. The van der Waals surface area contributed by atoms with Crippen molar-refractivity contribution in [3.05, 3.63) is 28.3 Å². The number of hydrogen-bond donors (Lipinski definition) is 1. The molecule has 1 aromatic carbocycles. The monoisotopic (exact) mass is 276 g/mol. The number of rotatable bonds is 3. The fourth-order valence-corrected chi connectivity index (χ4v) is 2.01. The zero-order valence-electron chi connectivity index (χ0n) is 10.8. The standard InChI is InChI=1S/C13H12N2O5/c1-2-18-12(16)5-11-14-8-4-10-9(19-6-20-10)3-7(8)13(17)15-11/h3-4H,2,5-6H2,1H3,(H,14,15,17). The van der Waals surface area contributed by atoms with Crippen LogP contribution in [0.4, 0.5) is 0 Å². The van der Waals surface area contributed by atoms with Gasteiger partial charge in [-0.15, -0.1) is 0 Å². The van der Waals surface area contributed by atoms with Gasteiger partial charge in [-0.25, -0.2) is 4.98 Å². The van der Waals surface area contributed by atoms with Gasteiger partial charge < -0.3 is 19.2 Å². The van der Waals surface area contributed by atoms with E-state index in [0.29, 0.717) is 22.4 Å². The fourth-order valence-electron chi connectivity index (χ4n) is 2.01. The predicted molar refractivity (Wildman–Crippen MR) is 68.8 cm³/mol. The molecule has 0 amide bonds. The predicted octanol–water partition coefficient (Wildman–Crippen LogP) is 0.757. The Morgan fingerprint density at radius 2 is 2.15 bits per heavy atom. The maximum atomic E-state index is 12.0. The third-order valence-electron chi connectivity index (χ3n) is 2.87. The van der Waals surface area contributed by atoms with E-state index in [0.717, 1.165) is 0 Å². The lowest BCUT2D eigenvalue weighted by atomic mass is 10.2. The molecule has 1 aliphatic heterocycles. The Morgan fingerprint density at radius 3 is 2.90 bits per heavy atom. The number of carbonyl (C=O) groups excluding carboxylic acids is 1. The molecule has 1 aliphatic rings. The van der Waals surface area contributed by atoms with Crippen LogP contribution in [0.5, 0.6) is 11.5 Å². The molecule has 0 bridgehead atoms. The average molecular weight is 276 g/mol. The molecule has 2 aromatic rings. The van der Waals surface area contributed by atoms with E-state index in [4.69, 9.17) is 14.2 Å². The van der Waals surface area contributed by atoms with Crippen LogP contribution in [0.3, 0.4) is 0 Å². The lowest BCUT2D eigenvalue weighted by Gasteiger charge is -2.04. The topological polar surface area (TPSA) is 90.5 Å². The normalized spacial score (nSPS) is 12.7. The molecule has 0 unspecified atom stereocenters. The van der Waals surface area contributed by atoms with Gasteiger partial charge in [-0.3, -0.25) is 9.59 Å². The number of hydrogen-bond acceptors (Lipinski definition) is 6. The minimum atomic E-state index is -0.434. The van der Waals surface area contributed by atoms with Crippen LogP contribution in [0.2, 0.25) is 0 Å². The molecular formula is C13H12N2O5. The molecule has 7 nitrogen and oxygen atoms in total. The first kappa shape index (κ1) is 12.5. The Kier molecular flexibility index (Phi) is 3.02. The molecule has 7 heteroatoms. The molecule has 0 fully saturated rings. The van der Waals surface area contributed by atoms with Crippen LogP contribution in [0, 0.1) is 0 Å². The largest absolute Gasteiger partial charge is 0.466 e.